The minimum atomic E-state index is 0. The van der Waals surface area contributed by atoms with Gasteiger partial charge in [-0.05, 0) is 5.92 Å². The summed E-state index contributed by atoms with van der Waals surface area (Å²) in [4.78, 5) is 0. The summed E-state index contributed by atoms with van der Waals surface area (Å²) in [7, 11) is 0. The molecule has 0 rings (SSSR count). The van der Waals surface area contributed by atoms with Crippen molar-refractivity contribution < 1.29 is 32.7 Å². The van der Waals surface area contributed by atoms with Gasteiger partial charge in [0.15, 0.2) is 0 Å². The molecule has 0 amide bonds. The minimum Gasteiger partial charge on any atom is -0.346 e. The Morgan fingerprint density at radius 1 is 1.00 bits per heavy atom. The van der Waals surface area contributed by atoms with Crippen molar-refractivity contribution in [2.75, 3.05) is 0 Å². The van der Waals surface area contributed by atoms with Crippen LogP contribution in [-0.2, 0) is 32.7 Å². The molecule has 0 fully saturated rings. The maximum atomic E-state index is 3.54. The average molecular weight is 203 g/mol. The van der Waals surface area contributed by atoms with Crippen LogP contribution in [0.2, 0.25) is 0 Å². The molecule has 1 heteroatoms. The summed E-state index contributed by atoms with van der Waals surface area (Å²) in [6.45, 7) is 13.6. The van der Waals surface area contributed by atoms with Gasteiger partial charge in [-0.3, -0.25) is 0 Å². The van der Waals surface area contributed by atoms with E-state index in [0.717, 1.165) is 18.8 Å². The Hall–Kier alpha value is 1.10. The first-order chi connectivity index (χ1) is 3.65. The number of rotatable bonds is 1. The minimum absolute atomic E-state index is 0. The van der Waals surface area contributed by atoms with E-state index in [1.165, 1.54) is 0 Å². The van der Waals surface area contributed by atoms with E-state index >= 15 is 0 Å². The second kappa shape index (κ2) is 16.0. The van der Waals surface area contributed by atoms with E-state index in [-0.39, 0.29) is 32.7 Å². The summed E-state index contributed by atoms with van der Waals surface area (Å²) < 4.78 is 0. The van der Waals surface area contributed by atoms with Gasteiger partial charge in [-0.15, -0.1) is 0 Å². The van der Waals surface area contributed by atoms with Crippen molar-refractivity contribution in [1.29, 1.82) is 0 Å². The molecule has 0 aliphatic heterocycles. The van der Waals surface area contributed by atoms with E-state index in [4.69, 9.17) is 0 Å². The van der Waals surface area contributed by atoms with Crippen molar-refractivity contribution in [1.82, 2.24) is 0 Å². The Morgan fingerprint density at radius 2 is 1.11 bits per heavy atom. The Morgan fingerprint density at radius 3 is 1.11 bits per heavy atom. The second-order valence-electron chi connectivity index (χ2n) is 2.44. The van der Waals surface area contributed by atoms with Gasteiger partial charge in [0.05, 0.1) is 0 Å². The smallest absolute Gasteiger partial charge is 0 e. The predicted octanol–water partition coefficient (Wildman–Crippen LogP) is 3.09. The first-order valence-corrected chi connectivity index (χ1v) is 3.23. The van der Waals surface area contributed by atoms with Gasteiger partial charge < -0.3 is 13.8 Å². The number of unbranched alkanes of at least 4 members (excludes halogenated alkanes) is 1. The van der Waals surface area contributed by atoms with Gasteiger partial charge in [0.1, 0.15) is 0 Å². The van der Waals surface area contributed by atoms with E-state index in [1.807, 2.05) is 0 Å². The molecule has 0 aliphatic carbocycles. The van der Waals surface area contributed by atoms with Crippen LogP contribution in [0.5, 0.6) is 0 Å². The Labute approximate surface area is 85.7 Å². The predicted molar refractivity (Wildman–Crippen MR) is 40.5 cm³/mol. The van der Waals surface area contributed by atoms with Crippen LogP contribution in [0.4, 0.5) is 0 Å². The molecule has 0 bridgehead atoms. The number of hydrogen-bond donors (Lipinski definition) is 0. The summed E-state index contributed by atoms with van der Waals surface area (Å²) in [6, 6.07) is 0. The van der Waals surface area contributed by atoms with Crippen molar-refractivity contribution in [3.8, 4) is 0 Å². The van der Waals surface area contributed by atoms with Crippen molar-refractivity contribution in [2.45, 2.75) is 33.6 Å². The van der Waals surface area contributed by atoms with E-state index < -0.39 is 0 Å². The standard InChI is InChI=1S/C4H10.C4H8.Y/c1-4(2)3;1-3-4-2;/h4H,1-3H3;1-4H2;/q;-2;. The molecule has 1 radical (unpaired) electrons. The second-order valence-corrected chi connectivity index (χ2v) is 2.44. The number of hydrogen-bond acceptors (Lipinski definition) is 0. The van der Waals surface area contributed by atoms with Crippen molar-refractivity contribution in [3.05, 3.63) is 13.8 Å². The van der Waals surface area contributed by atoms with Crippen LogP contribution < -0.4 is 0 Å². The quantitative estimate of drug-likeness (QED) is 0.574. The van der Waals surface area contributed by atoms with Gasteiger partial charge in [0.2, 0.25) is 0 Å². The van der Waals surface area contributed by atoms with Crippen LogP contribution in [-0.4, -0.2) is 0 Å². The fraction of sp³-hybridized carbons (Fsp3) is 0.750. The zero-order valence-corrected chi connectivity index (χ0v) is 9.82. The zero-order valence-electron chi connectivity index (χ0n) is 6.98. The van der Waals surface area contributed by atoms with Gasteiger partial charge in [0.25, 0.3) is 0 Å². The molecule has 0 N–H and O–H groups in total. The molecule has 0 aliphatic rings. The molecular formula is C8H18Y-2. The normalized spacial score (nSPS) is 7.33. The summed E-state index contributed by atoms with van der Waals surface area (Å²) >= 11 is 0. The van der Waals surface area contributed by atoms with Crippen molar-refractivity contribution >= 4 is 0 Å². The molecule has 0 heterocycles. The van der Waals surface area contributed by atoms with Crippen molar-refractivity contribution in [2.24, 2.45) is 5.92 Å². The van der Waals surface area contributed by atoms with Gasteiger partial charge in [-0.1, -0.05) is 20.8 Å². The molecule has 0 saturated heterocycles. The Balaban J connectivity index is -0.0000000720. The molecule has 0 spiro atoms. The van der Waals surface area contributed by atoms with Crippen LogP contribution in [0.15, 0.2) is 0 Å². The fourth-order valence-corrected chi connectivity index (χ4v) is 0. The van der Waals surface area contributed by atoms with Gasteiger partial charge in [-0.25, -0.2) is 12.8 Å². The van der Waals surface area contributed by atoms with Crippen LogP contribution in [0.3, 0.4) is 0 Å². The Kier molecular flexibility index (Phi) is 29.6. The van der Waals surface area contributed by atoms with E-state index in [0.29, 0.717) is 0 Å². The SMILES string of the molecule is CC(C)C.[CH2-]CC[CH2-].[Y]. The third-order valence-electron chi connectivity index (χ3n) is 0.250. The van der Waals surface area contributed by atoms with Gasteiger partial charge in [-0.2, -0.15) is 0 Å². The van der Waals surface area contributed by atoms with Gasteiger partial charge in [0, 0.05) is 32.7 Å². The molecular weight excluding hydrogens is 185 g/mol. The third kappa shape index (κ3) is 104. The van der Waals surface area contributed by atoms with Crippen LogP contribution in [0.1, 0.15) is 33.6 Å². The summed E-state index contributed by atoms with van der Waals surface area (Å²) in [5.74, 6) is 0.833. The Bertz CT molecular complexity index is 21.0. The summed E-state index contributed by atoms with van der Waals surface area (Å²) in [5.41, 5.74) is 0. The first kappa shape index (κ1) is 16.6. The molecule has 9 heavy (non-hydrogen) atoms. The molecule has 0 aromatic rings. The molecule has 0 aromatic heterocycles. The largest absolute Gasteiger partial charge is 0.346 e. The molecule has 0 saturated carbocycles. The van der Waals surface area contributed by atoms with Gasteiger partial charge >= 0.3 is 0 Å². The molecule has 0 nitrogen and oxygen atoms in total. The first-order valence-electron chi connectivity index (χ1n) is 3.23. The fourth-order valence-electron chi connectivity index (χ4n) is 0. The summed E-state index contributed by atoms with van der Waals surface area (Å²) in [6.07, 6.45) is 1.92. The monoisotopic (exact) mass is 203 g/mol. The van der Waals surface area contributed by atoms with E-state index in [2.05, 4.69) is 34.6 Å². The van der Waals surface area contributed by atoms with Crippen molar-refractivity contribution in [3.63, 3.8) is 0 Å². The summed E-state index contributed by atoms with van der Waals surface area (Å²) in [5, 5.41) is 0. The molecule has 0 atom stereocenters. The average Bonchev–Trinajstić information content (AvgIpc) is 1.65. The van der Waals surface area contributed by atoms with Crippen LogP contribution in [0, 0.1) is 19.8 Å². The van der Waals surface area contributed by atoms with E-state index in [1.54, 1.807) is 0 Å². The zero-order chi connectivity index (χ0) is 6.99. The molecule has 0 aromatic carbocycles. The molecule has 55 valence electrons. The topological polar surface area (TPSA) is 0 Å². The molecule has 0 unspecified atom stereocenters. The third-order valence-corrected chi connectivity index (χ3v) is 0.250. The van der Waals surface area contributed by atoms with E-state index in [9.17, 15) is 0 Å². The van der Waals surface area contributed by atoms with Crippen LogP contribution >= 0.6 is 0 Å². The van der Waals surface area contributed by atoms with Crippen LogP contribution in [0.25, 0.3) is 0 Å². The maximum absolute atomic E-state index is 3.54. The maximum Gasteiger partial charge on any atom is 0 e.